The van der Waals surface area contributed by atoms with Crippen LogP contribution < -0.4 is 4.74 Å². The summed E-state index contributed by atoms with van der Waals surface area (Å²) in [5, 5.41) is 9.40. The van der Waals surface area contributed by atoms with E-state index in [-0.39, 0.29) is 5.75 Å². The van der Waals surface area contributed by atoms with Gasteiger partial charge >= 0.3 is 0 Å². The van der Waals surface area contributed by atoms with Gasteiger partial charge in [-0.1, -0.05) is 0 Å². The monoisotopic (exact) mass is 170 g/mol. The van der Waals surface area contributed by atoms with Crippen molar-refractivity contribution in [1.29, 1.82) is 0 Å². The molecular weight excluding hydrogens is 160 g/mol. The molecule has 0 atom stereocenters. The Kier molecular flexibility index (Phi) is 2.29. The minimum absolute atomic E-state index is 0.167. The molecule has 11 heavy (non-hydrogen) atoms. The van der Waals surface area contributed by atoms with Crippen molar-refractivity contribution in [2.75, 3.05) is 7.11 Å². The molecule has 0 fully saturated rings. The Morgan fingerprint density at radius 3 is 2.64 bits per heavy atom. The quantitative estimate of drug-likeness (QED) is 0.631. The van der Waals surface area contributed by atoms with Crippen molar-refractivity contribution < 1.29 is 9.84 Å². The molecule has 0 aliphatic rings. The molecule has 0 bridgehead atoms. The van der Waals surface area contributed by atoms with Crippen molar-refractivity contribution in [2.24, 2.45) is 0 Å². The summed E-state index contributed by atoms with van der Waals surface area (Å²) in [5.74, 6) is 0.653. The maximum Gasteiger partial charge on any atom is 0.161 e. The normalized spacial score (nSPS) is 9.73. The molecule has 0 saturated heterocycles. The van der Waals surface area contributed by atoms with E-state index in [0.29, 0.717) is 5.75 Å². The van der Waals surface area contributed by atoms with Crippen LogP contribution in [-0.4, -0.2) is 12.2 Å². The minimum atomic E-state index is 0.167. The molecule has 1 N–H and O–H groups in total. The predicted molar refractivity (Wildman–Crippen MR) is 46.6 cm³/mol. The van der Waals surface area contributed by atoms with Crippen molar-refractivity contribution in [2.45, 2.75) is 11.8 Å². The van der Waals surface area contributed by atoms with Gasteiger partial charge in [0.05, 0.1) is 7.11 Å². The van der Waals surface area contributed by atoms with Gasteiger partial charge in [0.25, 0.3) is 0 Å². The van der Waals surface area contributed by atoms with Gasteiger partial charge in [-0.3, -0.25) is 0 Å². The molecule has 0 aliphatic carbocycles. The zero-order valence-corrected chi connectivity index (χ0v) is 7.35. The van der Waals surface area contributed by atoms with Crippen LogP contribution in [0, 0.1) is 6.92 Å². The highest BCUT2D eigenvalue weighted by molar-refractivity contribution is 7.80. The van der Waals surface area contributed by atoms with E-state index in [1.54, 1.807) is 19.1 Å². The van der Waals surface area contributed by atoms with Crippen LogP contribution in [0.3, 0.4) is 0 Å². The Labute approximate surface area is 71.2 Å². The molecule has 1 aromatic carbocycles. The van der Waals surface area contributed by atoms with Crippen molar-refractivity contribution in [3.63, 3.8) is 0 Å². The number of phenolic OH excluding ortho intramolecular Hbond substituents is 1. The lowest BCUT2D eigenvalue weighted by Gasteiger charge is -2.06. The van der Waals surface area contributed by atoms with Crippen molar-refractivity contribution >= 4 is 12.6 Å². The predicted octanol–water partition coefficient (Wildman–Crippen LogP) is 2.00. The van der Waals surface area contributed by atoms with Gasteiger partial charge in [-0.05, 0) is 19.1 Å². The summed E-state index contributed by atoms with van der Waals surface area (Å²) < 4.78 is 4.90. The Morgan fingerprint density at radius 1 is 1.45 bits per heavy atom. The number of aromatic hydroxyl groups is 1. The summed E-state index contributed by atoms with van der Waals surface area (Å²) in [7, 11) is 1.52. The topological polar surface area (TPSA) is 29.5 Å². The molecule has 0 heterocycles. The first kappa shape index (κ1) is 8.27. The summed E-state index contributed by atoms with van der Waals surface area (Å²) in [6, 6.07) is 3.47. The van der Waals surface area contributed by atoms with Crippen LogP contribution in [0.4, 0.5) is 0 Å². The van der Waals surface area contributed by atoms with Gasteiger partial charge in [-0.25, -0.2) is 0 Å². The van der Waals surface area contributed by atoms with Crippen molar-refractivity contribution in [1.82, 2.24) is 0 Å². The summed E-state index contributed by atoms with van der Waals surface area (Å²) in [5.41, 5.74) is 0.743. The second-order valence-corrected chi connectivity index (χ2v) is 2.74. The zero-order chi connectivity index (χ0) is 8.43. The van der Waals surface area contributed by atoms with E-state index in [0.717, 1.165) is 10.5 Å². The molecule has 0 aromatic heterocycles. The molecule has 1 aromatic rings. The third kappa shape index (κ3) is 1.43. The summed E-state index contributed by atoms with van der Waals surface area (Å²) in [6.07, 6.45) is 0. The van der Waals surface area contributed by atoms with Gasteiger partial charge in [0.2, 0.25) is 0 Å². The van der Waals surface area contributed by atoms with E-state index in [2.05, 4.69) is 12.6 Å². The second-order valence-electron chi connectivity index (χ2n) is 2.26. The maximum absolute atomic E-state index is 9.40. The average molecular weight is 170 g/mol. The van der Waals surface area contributed by atoms with Crippen LogP contribution in [0.1, 0.15) is 5.56 Å². The average Bonchev–Trinajstić information content (AvgIpc) is 2.01. The number of rotatable bonds is 1. The molecular formula is C8H10O2S. The Bertz CT molecular complexity index is 271. The highest BCUT2D eigenvalue weighted by atomic mass is 32.1. The Hall–Kier alpha value is -0.830. The van der Waals surface area contributed by atoms with Gasteiger partial charge in [0.15, 0.2) is 11.5 Å². The maximum atomic E-state index is 9.40. The number of methoxy groups -OCH3 is 1. The first-order valence-corrected chi connectivity index (χ1v) is 3.67. The van der Waals surface area contributed by atoms with Crippen molar-refractivity contribution in [3.05, 3.63) is 17.7 Å². The van der Waals surface area contributed by atoms with E-state index in [4.69, 9.17) is 4.74 Å². The summed E-state index contributed by atoms with van der Waals surface area (Å²) in [6.45, 7) is 1.79. The Morgan fingerprint density at radius 2 is 2.09 bits per heavy atom. The molecule has 0 unspecified atom stereocenters. The SMILES string of the molecule is COc1ccc(S)c(C)c1O. The van der Waals surface area contributed by atoms with Crippen LogP contribution >= 0.6 is 12.6 Å². The van der Waals surface area contributed by atoms with Crippen LogP contribution in [0.15, 0.2) is 17.0 Å². The van der Waals surface area contributed by atoms with E-state index in [9.17, 15) is 5.11 Å². The standard InChI is InChI=1S/C8H10O2S/c1-5-7(11)4-3-6(10-2)8(5)9/h3-4,9,11H,1-2H3. The zero-order valence-electron chi connectivity index (χ0n) is 6.46. The highest BCUT2D eigenvalue weighted by Crippen LogP contribution is 2.32. The molecule has 0 radical (unpaired) electrons. The van der Waals surface area contributed by atoms with Gasteiger partial charge in [0.1, 0.15) is 0 Å². The second kappa shape index (κ2) is 3.05. The number of hydrogen-bond donors (Lipinski definition) is 2. The van der Waals surface area contributed by atoms with Gasteiger partial charge in [0, 0.05) is 10.5 Å². The lowest BCUT2D eigenvalue weighted by atomic mass is 10.2. The lowest BCUT2D eigenvalue weighted by Crippen LogP contribution is -1.86. The number of thiol groups is 1. The molecule has 60 valence electrons. The highest BCUT2D eigenvalue weighted by Gasteiger charge is 2.05. The fourth-order valence-corrected chi connectivity index (χ4v) is 1.01. The van der Waals surface area contributed by atoms with E-state index in [1.165, 1.54) is 7.11 Å². The van der Waals surface area contributed by atoms with Gasteiger partial charge in [-0.2, -0.15) is 0 Å². The largest absolute Gasteiger partial charge is 0.504 e. The first-order chi connectivity index (χ1) is 5.16. The van der Waals surface area contributed by atoms with E-state index >= 15 is 0 Å². The van der Waals surface area contributed by atoms with Crippen LogP contribution in [-0.2, 0) is 0 Å². The molecule has 0 saturated carbocycles. The molecule has 1 rings (SSSR count). The molecule has 3 heteroatoms. The van der Waals surface area contributed by atoms with Gasteiger partial charge < -0.3 is 9.84 Å². The first-order valence-electron chi connectivity index (χ1n) is 3.22. The fourth-order valence-electron chi connectivity index (χ4n) is 0.829. The molecule has 0 spiro atoms. The fraction of sp³-hybridized carbons (Fsp3) is 0.250. The van der Waals surface area contributed by atoms with E-state index < -0.39 is 0 Å². The van der Waals surface area contributed by atoms with E-state index in [1.807, 2.05) is 0 Å². The van der Waals surface area contributed by atoms with Crippen LogP contribution in [0.2, 0.25) is 0 Å². The van der Waals surface area contributed by atoms with Gasteiger partial charge in [-0.15, -0.1) is 12.6 Å². The number of benzene rings is 1. The van der Waals surface area contributed by atoms with Crippen LogP contribution in [0.25, 0.3) is 0 Å². The molecule has 0 amide bonds. The summed E-state index contributed by atoms with van der Waals surface area (Å²) >= 11 is 4.14. The summed E-state index contributed by atoms with van der Waals surface area (Å²) in [4.78, 5) is 0.767. The Balaban J connectivity index is 3.25. The van der Waals surface area contributed by atoms with Crippen molar-refractivity contribution in [3.8, 4) is 11.5 Å². The number of hydrogen-bond acceptors (Lipinski definition) is 3. The number of ether oxygens (including phenoxy) is 1. The van der Waals surface area contributed by atoms with Crippen LogP contribution in [0.5, 0.6) is 11.5 Å². The smallest absolute Gasteiger partial charge is 0.161 e. The third-order valence-corrected chi connectivity index (χ3v) is 2.07. The molecule has 0 aliphatic heterocycles. The lowest BCUT2D eigenvalue weighted by molar-refractivity contribution is 0.370. The minimum Gasteiger partial charge on any atom is -0.504 e. The number of phenols is 1. The molecule has 2 nitrogen and oxygen atoms in total. The third-order valence-electron chi connectivity index (χ3n) is 1.59.